The zero-order chi connectivity index (χ0) is 13.2. The Hall–Kier alpha value is -1.23. The summed E-state index contributed by atoms with van der Waals surface area (Å²) in [5.41, 5.74) is -1.66. The number of carbonyl (C=O) groups excluding carboxylic acids is 1. The fraction of sp³-hybridized carbons (Fsp3) is 0.364. The molecule has 0 amide bonds. The molecule has 0 fully saturated rings. The highest BCUT2D eigenvalue weighted by atomic mass is 35.5. The van der Waals surface area contributed by atoms with E-state index in [-0.39, 0.29) is 12.4 Å². The molecule has 0 saturated carbocycles. The first kappa shape index (κ1) is 13.8. The third-order valence-electron chi connectivity index (χ3n) is 2.05. The van der Waals surface area contributed by atoms with E-state index in [0.29, 0.717) is 0 Å². The molecule has 94 valence electrons. The van der Waals surface area contributed by atoms with Crippen molar-refractivity contribution in [3.63, 3.8) is 0 Å². The van der Waals surface area contributed by atoms with E-state index in [1.807, 2.05) is 0 Å². The van der Waals surface area contributed by atoms with Crippen LogP contribution in [0, 0.1) is 0 Å². The summed E-state index contributed by atoms with van der Waals surface area (Å²) >= 11 is 5.50. The number of benzene rings is 1. The van der Waals surface area contributed by atoms with Gasteiger partial charge in [0.05, 0.1) is 22.8 Å². The third-order valence-corrected chi connectivity index (χ3v) is 2.37. The Balaban J connectivity index is 3.55. The Kier molecular flexibility index (Phi) is 4.03. The van der Waals surface area contributed by atoms with Gasteiger partial charge >= 0.3 is 6.18 Å². The van der Waals surface area contributed by atoms with Gasteiger partial charge in [0.25, 0.3) is 0 Å². The van der Waals surface area contributed by atoms with Crippen LogP contribution in [0.25, 0.3) is 0 Å². The largest absolute Gasteiger partial charge is 0.493 e. The fourth-order valence-electron chi connectivity index (χ4n) is 1.46. The molecule has 1 rings (SSSR count). The summed E-state index contributed by atoms with van der Waals surface area (Å²) in [6, 6.07) is 2.33. The van der Waals surface area contributed by atoms with E-state index in [1.165, 1.54) is 6.07 Å². The fourth-order valence-corrected chi connectivity index (χ4v) is 1.73. The molecule has 0 heterocycles. The molecule has 0 radical (unpaired) electrons. The SMILES string of the molecule is CCOc1ccc(Cl)c(C(F)(F)F)c1C(C)=O. The van der Waals surface area contributed by atoms with Crippen molar-refractivity contribution in [1.82, 2.24) is 0 Å². The van der Waals surface area contributed by atoms with E-state index in [2.05, 4.69) is 0 Å². The lowest BCUT2D eigenvalue weighted by Gasteiger charge is -2.16. The zero-order valence-electron chi connectivity index (χ0n) is 9.19. The van der Waals surface area contributed by atoms with Crippen LogP contribution in [0.1, 0.15) is 29.8 Å². The molecule has 0 atom stereocenters. The lowest BCUT2D eigenvalue weighted by Crippen LogP contribution is -2.14. The van der Waals surface area contributed by atoms with Crippen LogP contribution in [0.5, 0.6) is 5.75 Å². The van der Waals surface area contributed by atoms with Gasteiger partial charge in [0.2, 0.25) is 0 Å². The maximum absolute atomic E-state index is 12.8. The predicted octanol–water partition coefficient (Wildman–Crippen LogP) is 3.96. The first-order chi connectivity index (χ1) is 7.79. The zero-order valence-corrected chi connectivity index (χ0v) is 9.95. The molecule has 0 N–H and O–H groups in total. The maximum atomic E-state index is 12.8. The number of ketones is 1. The molecular weight excluding hydrogens is 257 g/mol. The van der Waals surface area contributed by atoms with Gasteiger partial charge in [-0.1, -0.05) is 11.6 Å². The van der Waals surface area contributed by atoms with Crippen molar-refractivity contribution in [2.75, 3.05) is 6.61 Å². The Bertz CT molecular complexity index is 441. The number of ether oxygens (including phenoxy) is 1. The monoisotopic (exact) mass is 266 g/mol. The van der Waals surface area contributed by atoms with Crippen molar-refractivity contribution < 1.29 is 22.7 Å². The molecule has 0 spiro atoms. The highest BCUT2D eigenvalue weighted by Gasteiger charge is 2.38. The molecule has 17 heavy (non-hydrogen) atoms. The van der Waals surface area contributed by atoms with E-state index in [4.69, 9.17) is 16.3 Å². The van der Waals surface area contributed by atoms with Crippen molar-refractivity contribution in [2.45, 2.75) is 20.0 Å². The minimum atomic E-state index is -4.69. The van der Waals surface area contributed by atoms with Crippen LogP contribution in [0.2, 0.25) is 5.02 Å². The van der Waals surface area contributed by atoms with Gasteiger partial charge in [-0.15, -0.1) is 0 Å². The van der Waals surface area contributed by atoms with E-state index >= 15 is 0 Å². The van der Waals surface area contributed by atoms with Crippen LogP contribution in [0.15, 0.2) is 12.1 Å². The van der Waals surface area contributed by atoms with E-state index in [9.17, 15) is 18.0 Å². The summed E-state index contributed by atoms with van der Waals surface area (Å²) in [6.45, 7) is 2.83. The molecule has 0 saturated heterocycles. The van der Waals surface area contributed by atoms with Crippen LogP contribution in [-0.2, 0) is 6.18 Å². The summed E-state index contributed by atoms with van der Waals surface area (Å²) in [4.78, 5) is 11.3. The summed E-state index contributed by atoms with van der Waals surface area (Å²) in [5, 5.41) is -0.508. The number of alkyl halides is 3. The number of hydrogen-bond donors (Lipinski definition) is 0. The van der Waals surface area contributed by atoms with Crippen LogP contribution >= 0.6 is 11.6 Å². The second-order valence-corrected chi connectivity index (χ2v) is 3.69. The van der Waals surface area contributed by atoms with Crippen molar-refractivity contribution in [3.05, 3.63) is 28.3 Å². The Morgan fingerprint density at radius 2 is 2.00 bits per heavy atom. The Morgan fingerprint density at radius 3 is 2.41 bits per heavy atom. The molecule has 2 nitrogen and oxygen atoms in total. The molecule has 0 aliphatic carbocycles. The van der Waals surface area contributed by atoms with Crippen LogP contribution in [-0.4, -0.2) is 12.4 Å². The number of carbonyl (C=O) groups is 1. The Labute approximate surface area is 101 Å². The average Bonchev–Trinajstić information content (AvgIpc) is 2.18. The number of Topliss-reactive ketones (excluding diaryl/α,β-unsaturated/α-hetero) is 1. The highest BCUT2D eigenvalue weighted by Crippen LogP contribution is 2.41. The van der Waals surface area contributed by atoms with E-state index in [0.717, 1.165) is 13.0 Å². The first-order valence-electron chi connectivity index (χ1n) is 4.82. The summed E-state index contributed by atoms with van der Waals surface area (Å²) < 4.78 is 43.4. The highest BCUT2D eigenvalue weighted by molar-refractivity contribution is 6.32. The molecule has 1 aromatic carbocycles. The minimum absolute atomic E-state index is 0.100. The second-order valence-electron chi connectivity index (χ2n) is 3.28. The molecule has 1 aromatic rings. The molecule has 0 aliphatic heterocycles. The van der Waals surface area contributed by atoms with Gasteiger partial charge in [-0.05, 0) is 26.0 Å². The van der Waals surface area contributed by atoms with Crippen LogP contribution in [0.4, 0.5) is 13.2 Å². The number of rotatable bonds is 3. The molecule has 0 aromatic heterocycles. The standard InChI is InChI=1S/C11H10ClF3O2/c1-3-17-8-5-4-7(12)10(11(13,14)15)9(8)6(2)16/h4-5H,3H2,1-2H3. The second kappa shape index (κ2) is 4.96. The molecule has 0 bridgehead atoms. The minimum Gasteiger partial charge on any atom is -0.493 e. The smallest absolute Gasteiger partial charge is 0.418 e. The van der Waals surface area contributed by atoms with Crippen molar-refractivity contribution in [2.24, 2.45) is 0 Å². The average molecular weight is 267 g/mol. The van der Waals surface area contributed by atoms with Crippen molar-refractivity contribution >= 4 is 17.4 Å². The van der Waals surface area contributed by atoms with Gasteiger partial charge < -0.3 is 4.74 Å². The van der Waals surface area contributed by atoms with E-state index < -0.39 is 28.1 Å². The quantitative estimate of drug-likeness (QED) is 0.774. The van der Waals surface area contributed by atoms with E-state index in [1.54, 1.807) is 6.92 Å². The predicted molar refractivity (Wildman–Crippen MR) is 57.6 cm³/mol. The number of hydrogen-bond acceptors (Lipinski definition) is 2. The summed E-state index contributed by atoms with van der Waals surface area (Å²) in [7, 11) is 0. The van der Waals surface area contributed by atoms with Gasteiger partial charge in [0.1, 0.15) is 5.75 Å². The molecular formula is C11H10ClF3O2. The van der Waals surface area contributed by atoms with Crippen LogP contribution in [0.3, 0.4) is 0 Å². The summed E-state index contributed by atoms with van der Waals surface area (Å²) in [5.74, 6) is -0.833. The molecule has 0 aliphatic rings. The third kappa shape index (κ3) is 2.91. The first-order valence-corrected chi connectivity index (χ1v) is 5.20. The molecule has 6 heteroatoms. The van der Waals surface area contributed by atoms with Crippen molar-refractivity contribution in [3.8, 4) is 5.75 Å². The van der Waals surface area contributed by atoms with Gasteiger partial charge in [-0.2, -0.15) is 13.2 Å². The normalized spacial score (nSPS) is 11.4. The van der Waals surface area contributed by atoms with Crippen molar-refractivity contribution in [1.29, 1.82) is 0 Å². The van der Waals surface area contributed by atoms with Gasteiger partial charge in [-0.25, -0.2) is 0 Å². The number of halogens is 4. The lowest BCUT2D eigenvalue weighted by molar-refractivity contribution is -0.137. The maximum Gasteiger partial charge on any atom is 0.418 e. The molecule has 0 unspecified atom stereocenters. The topological polar surface area (TPSA) is 26.3 Å². The van der Waals surface area contributed by atoms with Gasteiger partial charge in [0, 0.05) is 0 Å². The van der Waals surface area contributed by atoms with Gasteiger partial charge in [0.15, 0.2) is 5.78 Å². The lowest BCUT2D eigenvalue weighted by atomic mass is 10.0. The Morgan fingerprint density at radius 1 is 1.41 bits per heavy atom. The van der Waals surface area contributed by atoms with Crippen LogP contribution < -0.4 is 4.74 Å². The van der Waals surface area contributed by atoms with Gasteiger partial charge in [-0.3, -0.25) is 4.79 Å². The summed E-state index contributed by atoms with van der Waals surface area (Å²) in [6.07, 6.45) is -4.69.